The van der Waals surface area contributed by atoms with Crippen molar-refractivity contribution in [2.24, 2.45) is 0 Å². The summed E-state index contributed by atoms with van der Waals surface area (Å²) in [7, 11) is -4.45. The summed E-state index contributed by atoms with van der Waals surface area (Å²) in [6, 6.07) is -1.25. The second kappa shape index (κ2) is 41.9. The summed E-state index contributed by atoms with van der Waals surface area (Å²) in [6.45, 7) is 4.54. The Morgan fingerprint density at radius 3 is 1.18 bits per heavy atom. The number of nitrogens with one attached hydrogen (secondary N) is 1. The summed E-state index contributed by atoms with van der Waals surface area (Å²) < 4.78 is 32.6. The first kappa shape index (κ1) is 54.8. The van der Waals surface area contributed by atoms with E-state index in [4.69, 9.17) is 0 Å². The van der Waals surface area contributed by atoms with E-state index in [1.807, 2.05) is 0 Å². The quantitative estimate of drug-likeness (QED) is 0.0276. The van der Waals surface area contributed by atoms with Crippen LogP contribution in [0.25, 0.3) is 0 Å². The van der Waals surface area contributed by atoms with E-state index in [0.717, 1.165) is 32.1 Å². The molecule has 0 aromatic heterocycles. The molecule has 0 aromatic carbocycles. The number of rotatable bonds is 44. The van der Waals surface area contributed by atoms with Gasteiger partial charge in [0.15, 0.2) is 0 Å². The number of carbonyl (C=O) groups is 1. The maximum atomic E-state index is 12.6. The van der Waals surface area contributed by atoms with E-state index in [1.54, 1.807) is 6.08 Å². The van der Waals surface area contributed by atoms with Gasteiger partial charge in [-0.3, -0.25) is 9.35 Å². The lowest BCUT2D eigenvalue weighted by molar-refractivity contribution is -0.130. The molecule has 0 aliphatic rings. The molecule has 1 amide bonds. The highest BCUT2D eigenvalue weighted by molar-refractivity contribution is 7.85. The molecule has 0 saturated carbocycles. The minimum absolute atomic E-state index is 0.279. The second-order valence-corrected chi connectivity index (χ2v) is 18.4. The highest BCUT2D eigenvalue weighted by Crippen LogP contribution is 2.16. The Morgan fingerprint density at radius 2 is 0.804 bits per heavy atom. The number of aliphatic hydroxyl groups excluding tert-OH is 2. The number of hydrogen-bond donors (Lipinski definition) is 4. The van der Waals surface area contributed by atoms with Gasteiger partial charge < -0.3 is 15.5 Å². The van der Waals surface area contributed by atoms with Crippen LogP contribution in [0.1, 0.15) is 251 Å². The van der Waals surface area contributed by atoms with Gasteiger partial charge in [0, 0.05) is 0 Å². The van der Waals surface area contributed by atoms with Crippen molar-refractivity contribution in [3.05, 3.63) is 24.3 Å². The standard InChI is InChI=1S/C48H93NO6S/c1-3-5-7-9-11-13-15-17-19-21-23-25-26-28-30-32-34-36-38-40-42-46(50)45(44-56(53,54)55)49-48(52)47(51)43-41-39-37-35-33-31-29-27-24-22-20-18-16-14-12-10-8-6-4-2/h32,34,40,42,45-47,50-51H,3-31,33,35-39,41,43-44H2,1-2H3,(H,49,52)(H,53,54,55)/b34-32+,42-40+. The van der Waals surface area contributed by atoms with Crippen molar-refractivity contribution in [2.75, 3.05) is 5.75 Å². The normalized spacial score (nSPS) is 13.9. The number of aliphatic hydroxyl groups is 2. The molecule has 0 radical (unpaired) electrons. The maximum absolute atomic E-state index is 12.6. The highest BCUT2D eigenvalue weighted by Gasteiger charge is 2.27. The van der Waals surface area contributed by atoms with Gasteiger partial charge >= 0.3 is 0 Å². The van der Waals surface area contributed by atoms with Crippen LogP contribution < -0.4 is 5.32 Å². The summed E-state index contributed by atoms with van der Waals surface area (Å²) in [5.74, 6) is -1.55. The van der Waals surface area contributed by atoms with Crippen LogP contribution in [-0.2, 0) is 14.9 Å². The maximum Gasteiger partial charge on any atom is 0.267 e. The van der Waals surface area contributed by atoms with Crippen LogP contribution in [-0.4, -0.2) is 53.1 Å². The zero-order valence-corrected chi connectivity index (χ0v) is 37.7. The van der Waals surface area contributed by atoms with Crippen LogP contribution in [0.15, 0.2) is 24.3 Å². The van der Waals surface area contributed by atoms with Gasteiger partial charge in [0.2, 0.25) is 5.91 Å². The van der Waals surface area contributed by atoms with Gasteiger partial charge in [-0.05, 0) is 32.1 Å². The first-order valence-corrected chi connectivity index (χ1v) is 25.8. The van der Waals surface area contributed by atoms with Crippen molar-refractivity contribution >= 4 is 16.0 Å². The first-order valence-electron chi connectivity index (χ1n) is 24.1. The average molecular weight is 812 g/mol. The van der Waals surface area contributed by atoms with Crippen molar-refractivity contribution < 1.29 is 28.0 Å². The largest absolute Gasteiger partial charge is 0.387 e. The lowest BCUT2D eigenvalue weighted by atomic mass is 10.0. The van der Waals surface area contributed by atoms with Crippen LogP contribution in [0.4, 0.5) is 0 Å². The zero-order chi connectivity index (χ0) is 41.2. The van der Waals surface area contributed by atoms with Crippen molar-refractivity contribution in [2.45, 2.75) is 270 Å². The summed E-state index contributed by atoms with van der Waals surface area (Å²) in [6.07, 6.45) is 51.0. The fourth-order valence-corrected chi connectivity index (χ4v) is 8.27. The summed E-state index contributed by atoms with van der Waals surface area (Å²) >= 11 is 0. The molecule has 3 unspecified atom stereocenters. The van der Waals surface area contributed by atoms with Gasteiger partial charge in [-0.1, -0.05) is 244 Å². The number of amides is 1. The zero-order valence-electron chi connectivity index (χ0n) is 36.9. The monoisotopic (exact) mass is 812 g/mol. The van der Waals surface area contributed by atoms with Crippen molar-refractivity contribution in [3.8, 4) is 0 Å². The van der Waals surface area contributed by atoms with Crippen LogP contribution >= 0.6 is 0 Å². The minimum atomic E-state index is -4.45. The van der Waals surface area contributed by atoms with Gasteiger partial charge in [0.1, 0.15) is 6.10 Å². The number of unbranched alkanes of at least 4 members (excludes halogenated alkanes) is 33. The molecular weight excluding hydrogens is 719 g/mol. The Kier molecular flexibility index (Phi) is 41.0. The Bertz CT molecular complexity index is 1000. The Labute approximate surface area is 347 Å². The predicted octanol–water partition coefficient (Wildman–Crippen LogP) is 13.7. The van der Waals surface area contributed by atoms with Crippen LogP contribution in [0, 0.1) is 0 Å². The molecule has 0 heterocycles. The molecule has 0 rings (SSSR count). The summed E-state index contributed by atoms with van der Waals surface area (Å²) in [4.78, 5) is 12.6. The molecule has 8 heteroatoms. The first-order chi connectivity index (χ1) is 27.2. The summed E-state index contributed by atoms with van der Waals surface area (Å²) in [5.41, 5.74) is 0. The molecule has 7 nitrogen and oxygen atoms in total. The topological polar surface area (TPSA) is 124 Å². The lowest BCUT2D eigenvalue weighted by Gasteiger charge is -2.22. The number of allylic oxidation sites excluding steroid dienone is 3. The van der Waals surface area contributed by atoms with Gasteiger partial charge in [0.05, 0.1) is 17.9 Å². The molecule has 56 heavy (non-hydrogen) atoms. The fourth-order valence-electron chi connectivity index (χ4n) is 7.53. The van der Waals surface area contributed by atoms with Crippen LogP contribution in [0.2, 0.25) is 0 Å². The van der Waals surface area contributed by atoms with E-state index >= 15 is 0 Å². The Morgan fingerprint density at radius 1 is 0.482 bits per heavy atom. The third-order valence-corrected chi connectivity index (χ3v) is 12.0. The molecule has 0 bridgehead atoms. The van der Waals surface area contributed by atoms with Gasteiger partial charge in [-0.15, -0.1) is 0 Å². The lowest BCUT2D eigenvalue weighted by Crippen LogP contribution is -2.50. The van der Waals surface area contributed by atoms with E-state index in [0.29, 0.717) is 12.8 Å². The van der Waals surface area contributed by atoms with Crippen molar-refractivity contribution in [1.82, 2.24) is 5.32 Å². The van der Waals surface area contributed by atoms with Crippen molar-refractivity contribution in [1.29, 1.82) is 0 Å². The molecule has 0 aliphatic carbocycles. The predicted molar refractivity (Wildman–Crippen MR) is 241 cm³/mol. The van der Waals surface area contributed by atoms with E-state index in [2.05, 4.69) is 31.3 Å². The number of hydrogen-bond acceptors (Lipinski definition) is 5. The third kappa shape index (κ3) is 41.0. The average Bonchev–Trinajstić information content (AvgIpc) is 3.17. The number of carbonyl (C=O) groups excluding carboxylic acids is 1. The van der Waals surface area contributed by atoms with E-state index in [-0.39, 0.29) is 6.42 Å². The van der Waals surface area contributed by atoms with Gasteiger partial charge in [-0.2, -0.15) is 8.42 Å². The Hall–Kier alpha value is -1.22. The van der Waals surface area contributed by atoms with E-state index in [1.165, 1.54) is 192 Å². The Balaban J connectivity index is 3.95. The molecular formula is C48H93NO6S. The third-order valence-electron chi connectivity index (χ3n) is 11.2. The summed E-state index contributed by atoms with van der Waals surface area (Å²) in [5, 5.41) is 23.5. The fraction of sp³-hybridized carbons (Fsp3) is 0.896. The SMILES string of the molecule is CCCCCCCCCCCCCCCC/C=C/CC/C=C/C(O)C(CS(=O)(=O)O)NC(=O)C(O)CCCCCCCCCCCCCCCCCCCCC. The smallest absolute Gasteiger partial charge is 0.267 e. The molecule has 4 N–H and O–H groups in total. The van der Waals surface area contributed by atoms with Gasteiger partial charge in [0.25, 0.3) is 10.1 Å². The molecule has 332 valence electrons. The molecule has 0 saturated heterocycles. The molecule has 0 fully saturated rings. The van der Waals surface area contributed by atoms with Crippen LogP contribution in [0.5, 0.6) is 0 Å². The van der Waals surface area contributed by atoms with E-state index < -0.39 is 40.0 Å². The minimum Gasteiger partial charge on any atom is -0.387 e. The van der Waals surface area contributed by atoms with Crippen LogP contribution in [0.3, 0.4) is 0 Å². The second-order valence-electron chi connectivity index (χ2n) is 16.9. The van der Waals surface area contributed by atoms with Crippen molar-refractivity contribution in [3.63, 3.8) is 0 Å². The molecule has 3 atom stereocenters. The molecule has 0 aromatic rings. The molecule has 0 spiro atoms. The molecule has 0 aliphatic heterocycles. The van der Waals surface area contributed by atoms with E-state index in [9.17, 15) is 28.0 Å². The van der Waals surface area contributed by atoms with Gasteiger partial charge in [-0.25, -0.2) is 0 Å². The highest BCUT2D eigenvalue weighted by atomic mass is 32.2.